The number of hydrogen-bond acceptors (Lipinski definition) is 4. The third kappa shape index (κ3) is 2.61. The van der Waals surface area contributed by atoms with Crippen molar-refractivity contribution in [3.05, 3.63) is 0 Å². The van der Waals surface area contributed by atoms with Gasteiger partial charge in [0, 0.05) is 12.5 Å². The van der Waals surface area contributed by atoms with Gasteiger partial charge in [0.1, 0.15) is 0 Å². The SMILES string of the molecule is CC(C(=O)N1CC(CO)OCC1C)C1CNC1. The molecule has 2 aliphatic rings. The summed E-state index contributed by atoms with van der Waals surface area (Å²) in [5.41, 5.74) is 0. The first-order chi connectivity index (χ1) is 8.13. The zero-order chi connectivity index (χ0) is 12.4. The van der Waals surface area contributed by atoms with Crippen LogP contribution in [0.15, 0.2) is 0 Å². The molecule has 2 aliphatic heterocycles. The molecule has 0 aromatic rings. The monoisotopic (exact) mass is 242 g/mol. The van der Waals surface area contributed by atoms with Crippen LogP contribution in [-0.4, -0.2) is 60.9 Å². The van der Waals surface area contributed by atoms with E-state index in [1.54, 1.807) is 0 Å². The number of nitrogens with zero attached hydrogens (tertiary/aromatic N) is 1. The molecular formula is C12H22N2O3. The lowest BCUT2D eigenvalue weighted by molar-refractivity contribution is -0.152. The van der Waals surface area contributed by atoms with E-state index in [0.29, 0.717) is 19.1 Å². The van der Waals surface area contributed by atoms with Gasteiger partial charge in [0.05, 0.1) is 25.4 Å². The van der Waals surface area contributed by atoms with E-state index in [2.05, 4.69) is 5.32 Å². The van der Waals surface area contributed by atoms with Crippen LogP contribution in [0, 0.1) is 11.8 Å². The van der Waals surface area contributed by atoms with Crippen LogP contribution in [0.25, 0.3) is 0 Å². The first-order valence-electron chi connectivity index (χ1n) is 6.37. The Kier molecular flexibility index (Phi) is 4.01. The fraction of sp³-hybridized carbons (Fsp3) is 0.917. The minimum atomic E-state index is -0.220. The fourth-order valence-corrected chi connectivity index (χ4v) is 2.36. The molecule has 2 saturated heterocycles. The number of aliphatic hydroxyl groups excluding tert-OH is 1. The van der Waals surface area contributed by atoms with Crippen molar-refractivity contribution in [1.29, 1.82) is 0 Å². The van der Waals surface area contributed by atoms with Crippen molar-refractivity contribution in [2.24, 2.45) is 11.8 Å². The van der Waals surface area contributed by atoms with Gasteiger partial charge in [-0.2, -0.15) is 0 Å². The Hall–Kier alpha value is -0.650. The van der Waals surface area contributed by atoms with E-state index in [4.69, 9.17) is 9.84 Å². The molecule has 0 bridgehead atoms. The third-order valence-corrected chi connectivity index (χ3v) is 3.90. The maximum atomic E-state index is 12.4. The topological polar surface area (TPSA) is 61.8 Å². The summed E-state index contributed by atoms with van der Waals surface area (Å²) in [7, 11) is 0. The molecule has 3 unspecified atom stereocenters. The standard InChI is InChI=1S/C12H22N2O3/c1-8-7-17-11(6-15)5-14(8)12(16)9(2)10-3-13-4-10/h8-11,13,15H,3-7H2,1-2H3. The molecular weight excluding hydrogens is 220 g/mol. The van der Waals surface area contributed by atoms with Gasteiger partial charge in [0.15, 0.2) is 0 Å². The molecule has 0 aromatic carbocycles. The molecule has 0 aromatic heterocycles. The van der Waals surface area contributed by atoms with E-state index in [1.165, 1.54) is 0 Å². The number of aliphatic hydroxyl groups is 1. The number of hydrogen-bond donors (Lipinski definition) is 2. The summed E-state index contributed by atoms with van der Waals surface area (Å²) in [5.74, 6) is 0.729. The number of morpholine rings is 1. The Bertz CT molecular complexity index is 281. The van der Waals surface area contributed by atoms with E-state index < -0.39 is 0 Å². The summed E-state index contributed by atoms with van der Waals surface area (Å²) < 4.78 is 5.44. The predicted molar refractivity (Wildman–Crippen MR) is 63.5 cm³/mol. The molecule has 2 rings (SSSR count). The molecule has 2 fully saturated rings. The van der Waals surface area contributed by atoms with Gasteiger partial charge in [-0.1, -0.05) is 6.92 Å². The quantitative estimate of drug-likeness (QED) is 0.697. The van der Waals surface area contributed by atoms with Gasteiger partial charge >= 0.3 is 0 Å². The van der Waals surface area contributed by atoms with Crippen molar-refractivity contribution < 1.29 is 14.6 Å². The molecule has 0 radical (unpaired) electrons. The summed E-state index contributed by atoms with van der Waals surface area (Å²) in [4.78, 5) is 14.2. The zero-order valence-corrected chi connectivity index (χ0v) is 10.6. The predicted octanol–water partition coefficient (Wildman–Crippen LogP) is -0.550. The largest absolute Gasteiger partial charge is 0.394 e. The van der Waals surface area contributed by atoms with Crippen LogP contribution in [0.2, 0.25) is 0 Å². The number of rotatable bonds is 3. The van der Waals surface area contributed by atoms with E-state index >= 15 is 0 Å². The summed E-state index contributed by atoms with van der Waals surface area (Å²) in [6.07, 6.45) is -0.220. The Morgan fingerprint density at radius 3 is 2.82 bits per heavy atom. The second kappa shape index (κ2) is 5.33. The highest BCUT2D eigenvalue weighted by atomic mass is 16.5. The highest BCUT2D eigenvalue weighted by Gasteiger charge is 2.36. The van der Waals surface area contributed by atoms with Gasteiger partial charge in [0.25, 0.3) is 0 Å². The molecule has 0 aliphatic carbocycles. The van der Waals surface area contributed by atoms with E-state index in [9.17, 15) is 4.79 Å². The molecule has 17 heavy (non-hydrogen) atoms. The minimum absolute atomic E-state index is 0.0180. The number of carbonyl (C=O) groups excluding carboxylic acids is 1. The average molecular weight is 242 g/mol. The number of ether oxygens (including phenoxy) is 1. The van der Waals surface area contributed by atoms with Crippen molar-refractivity contribution in [3.8, 4) is 0 Å². The highest BCUT2D eigenvalue weighted by Crippen LogP contribution is 2.22. The molecule has 3 atom stereocenters. The zero-order valence-electron chi connectivity index (χ0n) is 10.6. The molecule has 98 valence electrons. The molecule has 2 N–H and O–H groups in total. The van der Waals surface area contributed by atoms with E-state index in [1.807, 2.05) is 18.7 Å². The lowest BCUT2D eigenvalue weighted by Gasteiger charge is -2.41. The van der Waals surface area contributed by atoms with E-state index in [-0.39, 0.29) is 30.6 Å². The van der Waals surface area contributed by atoms with Crippen LogP contribution in [0.4, 0.5) is 0 Å². The smallest absolute Gasteiger partial charge is 0.226 e. The number of carbonyl (C=O) groups is 1. The normalized spacial score (nSPS) is 32.1. The third-order valence-electron chi connectivity index (χ3n) is 3.90. The Balaban J connectivity index is 1.95. The molecule has 0 spiro atoms. The van der Waals surface area contributed by atoms with Gasteiger partial charge in [-0.3, -0.25) is 4.79 Å². The van der Waals surface area contributed by atoms with Gasteiger partial charge in [-0.05, 0) is 25.9 Å². The van der Waals surface area contributed by atoms with Gasteiger partial charge in [0.2, 0.25) is 5.91 Å². The summed E-state index contributed by atoms with van der Waals surface area (Å²) in [5, 5.41) is 12.3. The Morgan fingerprint density at radius 1 is 1.59 bits per heavy atom. The van der Waals surface area contributed by atoms with Crippen LogP contribution in [0.1, 0.15) is 13.8 Å². The molecule has 5 nitrogen and oxygen atoms in total. The average Bonchev–Trinajstić information content (AvgIpc) is 2.26. The second-order valence-electron chi connectivity index (χ2n) is 5.18. The van der Waals surface area contributed by atoms with Crippen LogP contribution < -0.4 is 5.32 Å². The summed E-state index contributed by atoms with van der Waals surface area (Å²) >= 11 is 0. The number of amides is 1. The van der Waals surface area contributed by atoms with Gasteiger partial charge in [-0.15, -0.1) is 0 Å². The van der Waals surface area contributed by atoms with Gasteiger partial charge in [-0.25, -0.2) is 0 Å². The fourth-order valence-electron chi connectivity index (χ4n) is 2.36. The summed E-state index contributed by atoms with van der Waals surface area (Å²) in [6, 6.07) is 0.112. The first kappa shape index (κ1) is 12.8. The number of nitrogens with one attached hydrogen (secondary N) is 1. The molecule has 5 heteroatoms. The maximum Gasteiger partial charge on any atom is 0.226 e. The van der Waals surface area contributed by atoms with Gasteiger partial charge < -0.3 is 20.1 Å². The van der Waals surface area contributed by atoms with Crippen LogP contribution in [-0.2, 0) is 9.53 Å². The van der Waals surface area contributed by atoms with Crippen molar-refractivity contribution in [3.63, 3.8) is 0 Å². The van der Waals surface area contributed by atoms with Crippen LogP contribution >= 0.6 is 0 Å². The van der Waals surface area contributed by atoms with Crippen LogP contribution in [0.5, 0.6) is 0 Å². The van der Waals surface area contributed by atoms with E-state index in [0.717, 1.165) is 13.1 Å². The lowest BCUT2D eigenvalue weighted by Crippen LogP contribution is -2.56. The molecule has 2 heterocycles. The van der Waals surface area contributed by atoms with Crippen molar-refractivity contribution in [2.75, 3.05) is 32.8 Å². The van der Waals surface area contributed by atoms with Crippen molar-refractivity contribution in [1.82, 2.24) is 10.2 Å². The molecule has 1 amide bonds. The summed E-state index contributed by atoms with van der Waals surface area (Å²) in [6.45, 7) is 6.90. The lowest BCUT2D eigenvalue weighted by atomic mass is 9.87. The maximum absolute atomic E-state index is 12.4. The Morgan fingerprint density at radius 2 is 2.29 bits per heavy atom. The molecule has 0 saturated carbocycles. The van der Waals surface area contributed by atoms with Crippen LogP contribution in [0.3, 0.4) is 0 Å². The first-order valence-corrected chi connectivity index (χ1v) is 6.37. The second-order valence-corrected chi connectivity index (χ2v) is 5.18. The van der Waals surface area contributed by atoms with Crippen molar-refractivity contribution >= 4 is 5.91 Å². The van der Waals surface area contributed by atoms with Crippen molar-refractivity contribution in [2.45, 2.75) is 26.0 Å². The minimum Gasteiger partial charge on any atom is -0.394 e. The highest BCUT2D eigenvalue weighted by molar-refractivity contribution is 5.79. The Labute approximate surface area is 102 Å².